The van der Waals surface area contributed by atoms with Crippen LogP contribution >= 0.6 is 12.4 Å². The number of halogens is 1. The highest BCUT2D eigenvalue weighted by Crippen LogP contribution is 2.27. The Kier molecular flexibility index (Phi) is 8.61. The van der Waals surface area contributed by atoms with Gasteiger partial charge in [-0.25, -0.2) is 21.6 Å². The molecule has 0 radical (unpaired) electrons. The van der Waals surface area contributed by atoms with Gasteiger partial charge < -0.3 is 10.1 Å². The minimum absolute atomic E-state index is 0. The molecule has 150 valence electrons. The fraction of sp³-hybridized carbons (Fsp3) is 0.600. The van der Waals surface area contributed by atoms with Crippen molar-refractivity contribution >= 4 is 38.1 Å². The van der Waals surface area contributed by atoms with Gasteiger partial charge in [0.2, 0.25) is 20.0 Å². The van der Waals surface area contributed by atoms with E-state index in [-0.39, 0.29) is 34.5 Å². The number of sulfonamides is 2. The molecule has 1 atom stereocenters. The maximum atomic E-state index is 12.5. The summed E-state index contributed by atoms with van der Waals surface area (Å²) in [6, 6.07) is 4.11. The summed E-state index contributed by atoms with van der Waals surface area (Å²) in [6.45, 7) is 3.75. The van der Waals surface area contributed by atoms with Gasteiger partial charge in [-0.05, 0) is 50.9 Å². The van der Waals surface area contributed by atoms with Gasteiger partial charge in [-0.1, -0.05) is 0 Å². The van der Waals surface area contributed by atoms with Crippen molar-refractivity contribution in [2.75, 3.05) is 37.2 Å². The second-order valence-corrected chi connectivity index (χ2v) is 9.66. The van der Waals surface area contributed by atoms with Gasteiger partial charge in [-0.15, -0.1) is 12.4 Å². The zero-order chi connectivity index (χ0) is 18.5. The average Bonchev–Trinajstić information content (AvgIpc) is 3.07. The van der Waals surface area contributed by atoms with E-state index < -0.39 is 20.0 Å². The summed E-state index contributed by atoms with van der Waals surface area (Å²) in [5.74, 6) is 0.495. The summed E-state index contributed by atoms with van der Waals surface area (Å²) in [6.07, 6.45) is 1.82. The van der Waals surface area contributed by atoms with Crippen LogP contribution < -0.4 is 19.5 Å². The lowest BCUT2D eigenvalue weighted by Crippen LogP contribution is -2.27. The molecule has 11 heteroatoms. The van der Waals surface area contributed by atoms with E-state index in [4.69, 9.17) is 4.74 Å². The third-order valence-electron chi connectivity index (χ3n) is 4.11. The highest BCUT2D eigenvalue weighted by atomic mass is 35.5. The third kappa shape index (κ3) is 6.27. The van der Waals surface area contributed by atoms with Crippen molar-refractivity contribution in [3.05, 3.63) is 18.2 Å². The summed E-state index contributed by atoms with van der Waals surface area (Å²) in [5, 5.41) is 3.25. The summed E-state index contributed by atoms with van der Waals surface area (Å²) < 4.78 is 58.3. The van der Waals surface area contributed by atoms with Crippen molar-refractivity contribution in [1.82, 2.24) is 10.0 Å². The molecule has 8 nitrogen and oxygen atoms in total. The first kappa shape index (κ1) is 23.0. The van der Waals surface area contributed by atoms with Crippen LogP contribution in [0.15, 0.2) is 23.1 Å². The Morgan fingerprint density at radius 1 is 1.27 bits per heavy atom. The summed E-state index contributed by atoms with van der Waals surface area (Å²) in [5.41, 5.74) is 0.259. The molecule has 1 aromatic carbocycles. The van der Waals surface area contributed by atoms with Crippen LogP contribution in [0.4, 0.5) is 5.69 Å². The molecule has 2 rings (SSSR count). The lowest BCUT2D eigenvalue weighted by molar-refractivity contribution is 0.402. The second kappa shape index (κ2) is 9.75. The van der Waals surface area contributed by atoms with E-state index in [9.17, 15) is 16.8 Å². The first-order chi connectivity index (χ1) is 11.8. The molecule has 0 saturated carbocycles. The van der Waals surface area contributed by atoms with Crippen LogP contribution in [0.1, 0.15) is 19.8 Å². The first-order valence-electron chi connectivity index (χ1n) is 8.16. The van der Waals surface area contributed by atoms with E-state index in [1.807, 2.05) is 0 Å². The van der Waals surface area contributed by atoms with Gasteiger partial charge in [0, 0.05) is 12.6 Å². The molecule has 0 aromatic heterocycles. The second-order valence-electron chi connectivity index (χ2n) is 5.92. The molecule has 1 aliphatic heterocycles. The number of hydrogen-bond donors (Lipinski definition) is 3. The van der Waals surface area contributed by atoms with Crippen molar-refractivity contribution in [3.8, 4) is 5.75 Å². The number of hydrogen-bond acceptors (Lipinski definition) is 6. The summed E-state index contributed by atoms with van der Waals surface area (Å²) >= 11 is 0. The summed E-state index contributed by atoms with van der Waals surface area (Å²) in [7, 11) is -5.84. The molecular formula is C15H26ClN3O5S2. The summed E-state index contributed by atoms with van der Waals surface area (Å²) in [4.78, 5) is -0.0148. The molecule has 0 spiro atoms. The van der Waals surface area contributed by atoms with Crippen molar-refractivity contribution < 1.29 is 21.6 Å². The molecule has 1 saturated heterocycles. The fourth-order valence-electron chi connectivity index (χ4n) is 2.64. The van der Waals surface area contributed by atoms with Crippen molar-refractivity contribution in [2.45, 2.75) is 24.7 Å². The Morgan fingerprint density at radius 3 is 2.58 bits per heavy atom. The Hall–Kier alpha value is -1.07. The molecule has 0 bridgehead atoms. The molecule has 26 heavy (non-hydrogen) atoms. The maximum absolute atomic E-state index is 12.5. The Labute approximate surface area is 161 Å². The molecule has 3 N–H and O–H groups in total. The smallest absolute Gasteiger partial charge is 0.244 e. The highest BCUT2D eigenvalue weighted by Gasteiger charge is 2.21. The lowest BCUT2D eigenvalue weighted by Gasteiger charge is -2.14. The topological polar surface area (TPSA) is 114 Å². The molecule has 1 aromatic rings. The first-order valence-corrected chi connectivity index (χ1v) is 11.3. The minimum Gasteiger partial charge on any atom is -0.495 e. The quantitative estimate of drug-likeness (QED) is 0.545. The van der Waals surface area contributed by atoms with Crippen LogP contribution in [-0.2, 0) is 20.0 Å². The Balaban J connectivity index is 0.00000338. The molecule has 1 fully saturated rings. The maximum Gasteiger partial charge on any atom is 0.244 e. The monoisotopic (exact) mass is 427 g/mol. The molecule has 1 aliphatic rings. The number of rotatable bonds is 9. The molecule has 0 aliphatic carbocycles. The minimum atomic E-state index is -3.73. The van der Waals surface area contributed by atoms with E-state index in [1.165, 1.54) is 32.2 Å². The van der Waals surface area contributed by atoms with Gasteiger partial charge in [0.25, 0.3) is 0 Å². The van der Waals surface area contributed by atoms with Crippen LogP contribution in [-0.4, -0.2) is 49.3 Å². The molecule has 0 amide bonds. The number of benzene rings is 1. The van der Waals surface area contributed by atoms with Crippen LogP contribution in [0.2, 0.25) is 0 Å². The largest absolute Gasteiger partial charge is 0.495 e. The molecule has 1 unspecified atom stereocenters. The number of methoxy groups -OCH3 is 1. The van der Waals surface area contributed by atoms with Crippen molar-refractivity contribution in [1.29, 1.82) is 0 Å². The van der Waals surface area contributed by atoms with Gasteiger partial charge in [-0.3, -0.25) is 4.72 Å². The number of ether oxygens (including phenoxy) is 1. The Morgan fingerprint density at radius 2 is 2.00 bits per heavy atom. The predicted octanol–water partition coefficient (Wildman–Crippen LogP) is 1.16. The van der Waals surface area contributed by atoms with Gasteiger partial charge in [0.05, 0.1) is 18.6 Å². The molecule has 1 heterocycles. The van der Waals surface area contributed by atoms with E-state index in [0.717, 1.165) is 25.9 Å². The highest BCUT2D eigenvalue weighted by molar-refractivity contribution is 7.92. The predicted molar refractivity (Wildman–Crippen MR) is 104 cm³/mol. The number of nitrogens with one attached hydrogen (secondary N) is 3. The fourth-order valence-corrected chi connectivity index (χ4v) is 4.47. The zero-order valence-corrected chi connectivity index (χ0v) is 17.3. The number of anilines is 1. The normalized spacial score (nSPS) is 17.5. The van der Waals surface area contributed by atoms with E-state index in [0.29, 0.717) is 12.5 Å². The van der Waals surface area contributed by atoms with Gasteiger partial charge in [0.15, 0.2) is 0 Å². The molecular weight excluding hydrogens is 402 g/mol. The van der Waals surface area contributed by atoms with Crippen LogP contribution in [0, 0.1) is 5.92 Å². The Bertz CT molecular complexity index is 793. The lowest BCUT2D eigenvalue weighted by atomic mass is 10.1. The zero-order valence-electron chi connectivity index (χ0n) is 14.8. The van der Waals surface area contributed by atoms with Crippen molar-refractivity contribution in [3.63, 3.8) is 0 Å². The third-order valence-corrected chi connectivity index (χ3v) is 6.92. The van der Waals surface area contributed by atoms with E-state index in [2.05, 4.69) is 14.8 Å². The average molecular weight is 428 g/mol. The van der Waals surface area contributed by atoms with Gasteiger partial charge in [0.1, 0.15) is 10.6 Å². The SMILES string of the molecule is CCS(=O)(=O)Nc1ccc(S(=O)(=O)NCCC2CCNC2)c(OC)c1.Cl. The standard InChI is InChI=1S/C15H25N3O5S2.ClH/c1-3-24(19,20)18-13-4-5-15(14(10-13)23-2)25(21,22)17-9-7-12-6-8-16-11-12;/h4-5,10,12,16-18H,3,6-9,11H2,1-2H3;1H. The van der Waals surface area contributed by atoms with Gasteiger partial charge in [-0.2, -0.15) is 0 Å². The van der Waals surface area contributed by atoms with Crippen LogP contribution in [0.3, 0.4) is 0 Å². The van der Waals surface area contributed by atoms with E-state index >= 15 is 0 Å². The van der Waals surface area contributed by atoms with E-state index in [1.54, 1.807) is 0 Å². The van der Waals surface area contributed by atoms with Crippen LogP contribution in [0.25, 0.3) is 0 Å². The van der Waals surface area contributed by atoms with Crippen molar-refractivity contribution in [2.24, 2.45) is 5.92 Å². The van der Waals surface area contributed by atoms with Crippen LogP contribution in [0.5, 0.6) is 5.75 Å². The van der Waals surface area contributed by atoms with Gasteiger partial charge >= 0.3 is 0 Å².